The molecule has 1 aliphatic heterocycles. The van der Waals surface area contributed by atoms with Gasteiger partial charge in [-0.05, 0) is 5.92 Å². The van der Waals surface area contributed by atoms with Gasteiger partial charge in [-0.15, -0.1) is 0 Å². The number of nitrogens with one attached hydrogen (secondary N) is 1. The molecule has 0 aromatic heterocycles. The molecule has 1 heterocycles. The fourth-order valence-electron chi connectivity index (χ4n) is 1.54. The highest BCUT2D eigenvalue weighted by Crippen LogP contribution is 2.09. The van der Waals surface area contributed by atoms with Gasteiger partial charge in [-0.25, -0.2) is 0 Å². The summed E-state index contributed by atoms with van der Waals surface area (Å²) in [7, 11) is 0. The van der Waals surface area contributed by atoms with Crippen molar-refractivity contribution in [2.75, 3.05) is 13.1 Å². The molecule has 1 fully saturated rings. The second-order valence-electron chi connectivity index (χ2n) is 4.06. The van der Waals surface area contributed by atoms with Crippen molar-refractivity contribution in [1.29, 1.82) is 0 Å². The quantitative estimate of drug-likeness (QED) is 0.509. The summed E-state index contributed by atoms with van der Waals surface area (Å²) in [5, 5.41) is 2.78. The topological polar surface area (TPSA) is 66.5 Å². The average molecular weight is 212 g/mol. The van der Waals surface area contributed by atoms with Crippen molar-refractivity contribution < 1.29 is 14.4 Å². The van der Waals surface area contributed by atoms with E-state index in [1.807, 2.05) is 13.8 Å². The summed E-state index contributed by atoms with van der Waals surface area (Å²) in [6.07, 6.45) is 0.530. The van der Waals surface area contributed by atoms with Crippen molar-refractivity contribution in [2.24, 2.45) is 5.92 Å². The SMILES string of the molecule is CC(C)C1CN(CC=O)C(=O)CC(=O)N1. The number of hydrogen-bond donors (Lipinski definition) is 1. The van der Waals surface area contributed by atoms with Crippen molar-refractivity contribution in [3.8, 4) is 0 Å². The summed E-state index contributed by atoms with van der Waals surface area (Å²) in [6, 6.07) is -0.0658. The lowest BCUT2D eigenvalue weighted by Gasteiger charge is -2.25. The van der Waals surface area contributed by atoms with Crippen molar-refractivity contribution in [1.82, 2.24) is 10.2 Å². The summed E-state index contributed by atoms with van der Waals surface area (Å²) in [4.78, 5) is 34.6. The predicted octanol–water partition coefficient (Wildman–Crippen LogP) is -0.442. The van der Waals surface area contributed by atoms with Gasteiger partial charge >= 0.3 is 0 Å². The highest BCUT2D eigenvalue weighted by atomic mass is 16.2. The Morgan fingerprint density at radius 1 is 1.53 bits per heavy atom. The molecular weight excluding hydrogens is 196 g/mol. The Balaban J connectivity index is 2.76. The molecule has 0 aromatic rings. The minimum Gasteiger partial charge on any atom is -0.351 e. The van der Waals surface area contributed by atoms with Crippen LogP contribution in [-0.4, -0.2) is 42.1 Å². The van der Waals surface area contributed by atoms with Gasteiger partial charge in [-0.1, -0.05) is 13.8 Å². The average Bonchev–Trinajstić information content (AvgIpc) is 2.27. The maximum atomic E-state index is 11.5. The van der Waals surface area contributed by atoms with Crippen LogP contribution in [0.25, 0.3) is 0 Å². The molecule has 1 rings (SSSR count). The molecule has 1 aliphatic rings. The maximum absolute atomic E-state index is 11.5. The van der Waals surface area contributed by atoms with E-state index < -0.39 is 0 Å². The number of carbonyl (C=O) groups excluding carboxylic acids is 3. The third-order valence-electron chi connectivity index (χ3n) is 2.53. The smallest absolute Gasteiger partial charge is 0.232 e. The molecule has 1 atom stereocenters. The van der Waals surface area contributed by atoms with E-state index in [4.69, 9.17) is 0 Å². The summed E-state index contributed by atoms with van der Waals surface area (Å²) in [5.41, 5.74) is 0. The second-order valence-corrected chi connectivity index (χ2v) is 4.06. The van der Waals surface area contributed by atoms with Crippen LogP contribution < -0.4 is 5.32 Å². The molecule has 0 saturated carbocycles. The van der Waals surface area contributed by atoms with Crippen molar-refractivity contribution >= 4 is 18.1 Å². The Morgan fingerprint density at radius 2 is 2.20 bits per heavy atom. The minimum absolute atomic E-state index is 0.0658. The third kappa shape index (κ3) is 3.04. The van der Waals surface area contributed by atoms with E-state index in [0.717, 1.165) is 0 Å². The molecule has 0 radical (unpaired) electrons. The molecule has 84 valence electrons. The van der Waals surface area contributed by atoms with Crippen LogP contribution in [0.4, 0.5) is 0 Å². The Labute approximate surface area is 88.8 Å². The Bertz CT molecular complexity index is 276. The molecule has 0 aliphatic carbocycles. The van der Waals surface area contributed by atoms with Crippen LogP contribution in [0.1, 0.15) is 20.3 Å². The maximum Gasteiger partial charge on any atom is 0.232 e. The van der Waals surface area contributed by atoms with E-state index in [-0.39, 0.29) is 36.7 Å². The van der Waals surface area contributed by atoms with Gasteiger partial charge in [0.15, 0.2) is 0 Å². The Morgan fingerprint density at radius 3 is 2.73 bits per heavy atom. The molecule has 1 N–H and O–H groups in total. The van der Waals surface area contributed by atoms with Crippen LogP contribution in [0.15, 0.2) is 0 Å². The molecule has 5 heteroatoms. The van der Waals surface area contributed by atoms with Gasteiger partial charge in [0.1, 0.15) is 12.7 Å². The normalized spacial score (nSPS) is 22.6. The lowest BCUT2D eigenvalue weighted by molar-refractivity contribution is -0.135. The zero-order valence-electron chi connectivity index (χ0n) is 9.03. The number of carbonyl (C=O) groups is 3. The van der Waals surface area contributed by atoms with Crippen molar-refractivity contribution in [3.05, 3.63) is 0 Å². The number of hydrogen-bond acceptors (Lipinski definition) is 3. The molecule has 0 aromatic carbocycles. The summed E-state index contributed by atoms with van der Waals surface area (Å²) in [6.45, 7) is 4.43. The van der Waals surface area contributed by atoms with E-state index in [1.165, 1.54) is 4.90 Å². The molecule has 15 heavy (non-hydrogen) atoms. The van der Waals surface area contributed by atoms with Gasteiger partial charge in [0, 0.05) is 12.6 Å². The van der Waals surface area contributed by atoms with E-state index >= 15 is 0 Å². The molecular formula is C10H16N2O3. The van der Waals surface area contributed by atoms with Gasteiger partial charge in [-0.2, -0.15) is 0 Å². The van der Waals surface area contributed by atoms with Crippen molar-refractivity contribution in [3.63, 3.8) is 0 Å². The summed E-state index contributed by atoms with van der Waals surface area (Å²) >= 11 is 0. The molecule has 1 unspecified atom stereocenters. The standard InChI is InChI=1S/C10H16N2O3/c1-7(2)8-6-12(3-4-13)10(15)5-9(14)11-8/h4,7-8H,3,5-6H2,1-2H3,(H,11,14). The van der Waals surface area contributed by atoms with Crippen molar-refractivity contribution in [2.45, 2.75) is 26.3 Å². The predicted molar refractivity (Wildman–Crippen MR) is 54.0 cm³/mol. The highest BCUT2D eigenvalue weighted by Gasteiger charge is 2.28. The Hall–Kier alpha value is -1.39. The van der Waals surface area contributed by atoms with E-state index in [1.54, 1.807) is 0 Å². The van der Waals surface area contributed by atoms with Gasteiger partial charge in [0.25, 0.3) is 0 Å². The zero-order valence-corrected chi connectivity index (χ0v) is 9.03. The first-order chi connectivity index (χ1) is 7.04. The summed E-state index contributed by atoms with van der Waals surface area (Å²) in [5.74, 6) is -0.288. The van der Waals surface area contributed by atoms with Crippen LogP contribution in [0.3, 0.4) is 0 Å². The molecule has 1 saturated heterocycles. The van der Waals surface area contributed by atoms with Gasteiger partial charge in [0.2, 0.25) is 11.8 Å². The highest BCUT2D eigenvalue weighted by molar-refractivity contribution is 5.98. The lowest BCUT2D eigenvalue weighted by atomic mass is 10.0. The molecule has 0 spiro atoms. The van der Waals surface area contributed by atoms with Crippen LogP contribution in [-0.2, 0) is 14.4 Å². The van der Waals surface area contributed by atoms with Gasteiger partial charge in [0.05, 0.1) is 6.54 Å². The van der Waals surface area contributed by atoms with E-state index in [9.17, 15) is 14.4 Å². The van der Waals surface area contributed by atoms with Crippen LogP contribution >= 0.6 is 0 Å². The largest absolute Gasteiger partial charge is 0.351 e. The zero-order chi connectivity index (χ0) is 11.4. The van der Waals surface area contributed by atoms with Crippen LogP contribution in [0, 0.1) is 5.92 Å². The van der Waals surface area contributed by atoms with Gasteiger partial charge in [-0.3, -0.25) is 9.59 Å². The fraction of sp³-hybridized carbons (Fsp3) is 0.700. The number of rotatable bonds is 3. The Kier molecular flexibility index (Phi) is 3.82. The fourth-order valence-corrected chi connectivity index (χ4v) is 1.54. The lowest BCUT2D eigenvalue weighted by Crippen LogP contribution is -2.43. The van der Waals surface area contributed by atoms with Crippen LogP contribution in [0.2, 0.25) is 0 Å². The third-order valence-corrected chi connectivity index (χ3v) is 2.53. The van der Waals surface area contributed by atoms with E-state index in [0.29, 0.717) is 12.8 Å². The first-order valence-electron chi connectivity index (χ1n) is 5.05. The number of aldehydes is 1. The van der Waals surface area contributed by atoms with Crippen LogP contribution in [0.5, 0.6) is 0 Å². The van der Waals surface area contributed by atoms with E-state index in [2.05, 4.69) is 5.32 Å². The monoisotopic (exact) mass is 212 g/mol. The second kappa shape index (κ2) is 4.91. The summed E-state index contributed by atoms with van der Waals surface area (Å²) < 4.78 is 0. The van der Waals surface area contributed by atoms with Gasteiger partial charge < -0.3 is 15.0 Å². The molecule has 5 nitrogen and oxygen atoms in total. The number of amides is 2. The first kappa shape index (κ1) is 11.7. The molecule has 0 bridgehead atoms. The number of nitrogens with zero attached hydrogens (tertiary/aromatic N) is 1. The first-order valence-corrected chi connectivity index (χ1v) is 5.05. The minimum atomic E-state index is -0.275. The molecule has 2 amide bonds.